The molecule has 6 nitrogen and oxygen atoms in total. The molecular weight excluding hydrogens is 364 g/mol. The molecule has 29 heavy (non-hydrogen) atoms. The number of rotatable bonds is 4. The van der Waals surface area contributed by atoms with E-state index in [0.717, 1.165) is 23.2 Å². The first-order chi connectivity index (χ1) is 13.9. The molecule has 1 atom stereocenters. The zero-order chi connectivity index (χ0) is 20.7. The molecule has 0 spiro atoms. The van der Waals surface area contributed by atoms with Gasteiger partial charge in [0.15, 0.2) is 5.65 Å². The number of carbonyl (C=O) groups is 1. The van der Waals surface area contributed by atoms with Crippen molar-refractivity contribution in [3.63, 3.8) is 0 Å². The van der Waals surface area contributed by atoms with Crippen LogP contribution < -0.4 is 5.73 Å². The number of carbonyl (C=O) groups excluding carboxylic acids is 1. The van der Waals surface area contributed by atoms with Crippen molar-refractivity contribution in [1.82, 2.24) is 14.5 Å². The van der Waals surface area contributed by atoms with E-state index in [2.05, 4.69) is 6.92 Å². The van der Waals surface area contributed by atoms with Crippen molar-refractivity contribution in [2.45, 2.75) is 40.2 Å². The topological polar surface area (TPSA) is 83.0 Å². The molecule has 4 aromatic rings. The van der Waals surface area contributed by atoms with Gasteiger partial charge in [0.2, 0.25) is 0 Å². The van der Waals surface area contributed by atoms with E-state index in [0.29, 0.717) is 16.7 Å². The molecule has 2 heterocycles. The largest absolute Gasteiger partial charge is 0.459 e. The summed E-state index contributed by atoms with van der Waals surface area (Å²) in [7, 11) is 0. The fraction of sp³-hybridized carbons (Fsp3) is 0.261. The molecule has 2 N–H and O–H groups in total. The van der Waals surface area contributed by atoms with Gasteiger partial charge >= 0.3 is 5.97 Å². The number of aryl methyl sites for hydroxylation is 2. The van der Waals surface area contributed by atoms with E-state index < -0.39 is 5.97 Å². The summed E-state index contributed by atoms with van der Waals surface area (Å²) in [6.45, 7) is 7.92. The molecular formula is C23H24N4O2. The molecule has 0 aliphatic rings. The average molecular weight is 388 g/mol. The molecule has 1 unspecified atom stereocenters. The summed E-state index contributed by atoms with van der Waals surface area (Å²) in [4.78, 5) is 22.5. The Morgan fingerprint density at radius 2 is 1.79 bits per heavy atom. The second-order valence-corrected chi connectivity index (χ2v) is 7.37. The van der Waals surface area contributed by atoms with E-state index in [-0.39, 0.29) is 17.5 Å². The molecule has 148 valence electrons. The summed E-state index contributed by atoms with van der Waals surface area (Å²) in [5, 5.41) is 0. The van der Waals surface area contributed by atoms with Gasteiger partial charge in [-0.1, -0.05) is 25.1 Å². The maximum Gasteiger partial charge on any atom is 0.344 e. The van der Waals surface area contributed by atoms with Crippen LogP contribution in [0, 0.1) is 13.8 Å². The molecule has 6 heteroatoms. The second-order valence-electron chi connectivity index (χ2n) is 7.37. The van der Waals surface area contributed by atoms with E-state index >= 15 is 0 Å². The van der Waals surface area contributed by atoms with Crippen molar-refractivity contribution >= 4 is 34.0 Å². The van der Waals surface area contributed by atoms with Crippen LogP contribution in [0.5, 0.6) is 0 Å². The molecule has 0 aliphatic carbocycles. The minimum atomic E-state index is -0.478. The second kappa shape index (κ2) is 7.20. The predicted molar refractivity (Wildman–Crippen MR) is 115 cm³/mol. The first kappa shape index (κ1) is 18.9. The van der Waals surface area contributed by atoms with Crippen LogP contribution in [0.4, 0.5) is 5.82 Å². The molecule has 0 radical (unpaired) electrons. The van der Waals surface area contributed by atoms with Crippen LogP contribution in [0.25, 0.3) is 27.9 Å². The number of benzene rings is 2. The smallest absolute Gasteiger partial charge is 0.344 e. The highest BCUT2D eigenvalue weighted by Gasteiger charge is 2.26. The number of hydrogen-bond acceptors (Lipinski definition) is 5. The molecule has 0 aliphatic heterocycles. The first-order valence-corrected chi connectivity index (χ1v) is 9.76. The van der Waals surface area contributed by atoms with Crippen LogP contribution in [0.3, 0.4) is 0 Å². The lowest BCUT2D eigenvalue weighted by Crippen LogP contribution is -2.15. The van der Waals surface area contributed by atoms with Crippen LogP contribution in [0.2, 0.25) is 0 Å². The summed E-state index contributed by atoms with van der Waals surface area (Å²) >= 11 is 0. The maximum absolute atomic E-state index is 13.0. The number of para-hydroxylation sites is 2. The lowest BCUT2D eigenvalue weighted by molar-refractivity contribution is 0.0338. The number of esters is 1. The molecule has 0 amide bonds. The standard InChI is InChI=1S/C23H24N4O2/c1-5-15(4)29-23(28)19-20-22(26-18-9-7-6-8-17(18)25-20)27(21(19)24)16-11-10-13(2)14(3)12-16/h6-12,15H,5,24H2,1-4H3. The first-order valence-electron chi connectivity index (χ1n) is 9.76. The lowest BCUT2D eigenvalue weighted by atomic mass is 10.1. The van der Waals surface area contributed by atoms with E-state index in [1.807, 2.05) is 63.2 Å². The Labute approximate surface area is 169 Å². The Bertz CT molecular complexity index is 1240. The maximum atomic E-state index is 13.0. The minimum Gasteiger partial charge on any atom is -0.459 e. The fourth-order valence-corrected chi connectivity index (χ4v) is 3.31. The van der Waals surface area contributed by atoms with Gasteiger partial charge < -0.3 is 10.5 Å². The highest BCUT2D eigenvalue weighted by atomic mass is 16.5. The van der Waals surface area contributed by atoms with Crippen LogP contribution in [0.1, 0.15) is 41.8 Å². The Balaban J connectivity index is 2.04. The number of aromatic nitrogens is 3. The Morgan fingerprint density at radius 1 is 1.10 bits per heavy atom. The van der Waals surface area contributed by atoms with Gasteiger partial charge in [-0.05, 0) is 62.6 Å². The van der Waals surface area contributed by atoms with Gasteiger partial charge in [0.05, 0.1) is 17.1 Å². The number of hydrogen-bond donors (Lipinski definition) is 1. The third-order valence-corrected chi connectivity index (χ3v) is 5.33. The van der Waals surface area contributed by atoms with Gasteiger partial charge in [-0.2, -0.15) is 0 Å². The molecule has 2 aromatic heterocycles. The van der Waals surface area contributed by atoms with Crippen LogP contribution in [-0.4, -0.2) is 26.6 Å². The number of nitrogens with two attached hydrogens (primary N) is 1. The number of nitrogen functional groups attached to an aromatic ring is 1. The van der Waals surface area contributed by atoms with Crippen molar-refractivity contribution in [2.75, 3.05) is 5.73 Å². The normalized spacial score (nSPS) is 12.4. The lowest BCUT2D eigenvalue weighted by Gasteiger charge is -2.12. The van der Waals surface area contributed by atoms with Crippen molar-refractivity contribution in [2.24, 2.45) is 0 Å². The molecule has 0 saturated heterocycles. The quantitative estimate of drug-likeness (QED) is 0.511. The molecule has 0 bridgehead atoms. The van der Waals surface area contributed by atoms with Gasteiger partial charge in [-0.3, -0.25) is 4.57 Å². The molecule has 0 saturated carbocycles. The van der Waals surface area contributed by atoms with E-state index in [1.54, 1.807) is 4.57 Å². The Kier molecular flexibility index (Phi) is 4.70. The highest BCUT2D eigenvalue weighted by Crippen LogP contribution is 2.32. The van der Waals surface area contributed by atoms with Crippen molar-refractivity contribution in [3.8, 4) is 5.69 Å². The van der Waals surface area contributed by atoms with Gasteiger partial charge in [0.1, 0.15) is 16.9 Å². The number of fused-ring (bicyclic) bond motifs is 2. The van der Waals surface area contributed by atoms with E-state index in [1.165, 1.54) is 5.56 Å². The summed E-state index contributed by atoms with van der Waals surface area (Å²) < 4.78 is 7.36. The highest BCUT2D eigenvalue weighted by molar-refractivity contribution is 6.09. The molecule has 2 aromatic carbocycles. The zero-order valence-electron chi connectivity index (χ0n) is 17.1. The molecule has 0 fully saturated rings. The van der Waals surface area contributed by atoms with Gasteiger partial charge in [0.25, 0.3) is 0 Å². The monoisotopic (exact) mass is 388 g/mol. The van der Waals surface area contributed by atoms with Crippen molar-refractivity contribution in [1.29, 1.82) is 0 Å². The number of anilines is 1. The minimum absolute atomic E-state index is 0.213. The molecule has 4 rings (SSSR count). The number of nitrogens with zero attached hydrogens (tertiary/aromatic N) is 3. The van der Waals surface area contributed by atoms with Crippen LogP contribution >= 0.6 is 0 Å². The predicted octanol–water partition coefficient (Wildman–Crippen LogP) is 4.73. The third kappa shape index (κ3) is 3.20. The SMILES string of the molecule is CCC(C)OC(=O)c1c(N)n(-c2ccc(C)c(C)c2)c2nc3ccccc3nc12. The van der Waals surface area contributed by atoms with E-state index in [4.69, 9.17) is 20.4 Å². The summed E-state index contributed by atoms with van der Waals surface area (Å²) in [5.74, 6) is -0.194. The number of ether oxygens (including phenoxy) is 1. The zero-order valence-corrected chi connectivity index (χ0v) is 17.1. The van der Waals surface area contributed by atoms with Gasteiger partial charge in [-0.15, -0.1) is 0 Å². The Morgan fingerprint density at radius 3 is 2.45 bits per heavy atom. The van der Waals surface area contributed by atoms with Gasteiger partial charge in [0, 0.05) is 5.69 Å². The van der Waals surface area contributed by atoms with Crippen LogP contribution in [-0.2, 0) is 4.74 Å². The van der Waals surface area contributed by atoms with Crippen LogP contribution in [0.15, 0.2) is 42.5 Å². The third-order valence-electron chi connectivity index (χ3n) is 5.33. The van der Waals surface area contributed by atoms with Gasteiger partial charge in [-0.25, -0.2) is 14.8 Å². The van der Waals surface area contributed by atoms with Crippen molar-refractivity contribution in [3.05, 3.63) is 59.2 Å². The Hall–Kier alpha value is -3.41. The average Bonchev–Trinajstić information content (AvgIpc) is 2.99. The van der Waals surface area contributed by atoms with E-state index in [9.17, 15) is 4.79 Å². The summed E-state index contributed by atoms with van der Waals surface area (Å²) in [5.41, 5.74) is 12.3. The summed E-state index contributed by atoms with van der Waals surface area (Å²) in [6, 6.07) is 13.6. The fourth-order valence-electron chi connectivity index (χ4n) is 3.31. The summed E-state index contributed by atoms with van der Waals surface area (Å²) in [6.07, 6.45) is 0.506. The van der Waals surface area contributed by atoms with Crippen molar-refractivity contribution < 1.29 is 9.53 Å².